The molecule has 0 saturated heterocycles. The van der Waals surface area contributed by atoms with Gasteiger partial charge in [-0.2, -0.15) is 0 Å². The zero-order valence-corrected chi connectivity index (χ0v) is 30.8. The van der Waals surface area contributed by atoms with Crippen molar-refractivity contribution >= 4 is 0 Å². The molecule has 0 N–H and O–H groups in total. The van der Waals surface area contributed by atoms with Crippen LogP contribution in [0.15, 0.2) is 203 Å². The van der Waals surface area contributed by atoms with Crippen molar-refractivity contribution in [2.45, 2.75) is 0 Å². The van der Waals surface area contributed by atoms with Gasteiger partial charge in [-0.15, -0.1) is 0 Å². The van der Waals surface area contributed by atoms with Gasteiger partial charge in [-0.1, -0.05) is 0 Å². The first-order chi connectivity index (χ1) is 29.8. The summed E-state index contributed by atoms with van der Waals surface area (Å²) in [5, 5.41) is 0. The Kier molecular flexibility index (Phi) is 6.72. The predicted octanol–water partition coefficient (Wildman–Crippen LogP) is 15.1. The predicted molar refractivity (Wildman–Crippen MR) is 212 cm³/mol. The molecule has 3 aliphatic rings. The van der Waals surface area contributed by atoms with Gasteiger partial charge < -0.3 is 53.0 Å². The molecule has 0 atom stereocenters. The maximum Gasteiger partial charge on any atom is 0.0988 e. The van der Waals surface area contributed by atoms with Gasteiger partial charge in [-0.05, 0) is 0 Å². The summed E-state index contributed by atoms with van der Waals surface area (Å²) in [4.78, 5) is 0. The van der Waals surface area contributed by atoms with E-state index in [1.54, 1.807) is 150 Å². The van der Waals surface area contributed by atoms with Crippen LogP contribution in [0.3, 0.4) is 0 Å². The summed E-state index contributed by atoms with van der Waals surface area (Å²) in [6, 6.07) is 0. The van der Waals surface area contributed by atoms with Crippen LogP contribution < -0.4 is 0 Å². The molecular weight excluding hydrogens is 769 g/mol. The summed E-state index contributed by atoms with van der Waals surface area (Å²) in [6.07, 6.45) is 41.5. The van der Waals surface area contributed by atoms with E-state index in [0.29, 0.717) is 0 Å². The molecule has 12 aromatic heterocycles. The molecule has 0 aromatic carbocycles. The Bertz CT molecular complexity index is 2370. The maximum atomic E-state index is 5.40. The van der Waals surface area contributed by atoms with Crippen LogP contribution in [0, 0.1) is 0 Å². The highest BCUT2D eigenvalue weighted by molar-refractivity contribution is 6.04. The number of fused-ring (bicyclic) bond motifs is 24. The average molecular weight is 793 g/mol. The van der Waals surface area contributed by atoms with Crippen LogP contribution in [0.25, 0.3) is 134 Å². The van der Waals surface area contributed by atoms with Crippen molar-refractivity contribution in [1.29, 1.82) is 0 Å². The topological polar surface area (TPSA) is 158 Å². The van der Waals surface area contributed by atoms with Gasteiger partial charge >= 0.3 is 0 Å². The quantitative estimate of drug-likeness (QED) is 0.143. The van der Waals surface area contributed by atoms with Crippen molar-refractivity contribution in [3.05, 3.63) is 150 Å². The minimum Gasteiger partial charge on any atom is -0.471 e. The van der Waals surface area contributed by atoms with E-state index in [1.165, 1.54) is 0 Å². The van der Waals surface area contributed by atoms with Crippen molar-refractivity contribution in [2.24, 2.45) is 0 Å². The van der Waals surface area contributed by atoms with Gasteiger partial charge in [0.1, 0.15) is 0 Å². The SMILES string of the molecule is c1occ2c1-c1cocc1-c1cocc1-c1cocc1-2.c1occ2c1-c1cocc1-c1cocc1-c1cocc1-2.c1occ2c1-c1cocc1-c1cocc1-c1cocc1-2. The van der Waals surface area contributed by atoms with E-state index in [4.69, 9.17) is 53.0 Å². The molecule has 288 valence electrons. The third-order valence-electron chi connectivity index (χ3n) is 11.4. The first-order valence-electron chi connectivity index (χ1n) is 18.6. The van der Waals surface area contributed by atoms with Gasteiger partial charge in [-0.3, -0.25) is 0 Å². The molecule has 0 unspecified atom stereocenters. The van der Waals surface area contributed by atoms with Crippen molar-refractivity contribution < 1.29 is 53.0 Å². The molecule has 12 heterocycles. The summed E-state index contributed by atoms with van der Waals surface area (Å²) in [5.74, 6) is 0. The van der Waals surface area contributed by atoms with E-state index < -0.39 is 0 Å². The van der Waals surface area contributed by atoms with E-state index in [2.05, 4.69) is 0 Å². The Labute approximate surface area is 336 Å². The fourth-order valence-electron chi connectivity index (χ4n) is 8.57. The fourth-order valence-corrected chi connectivity index (χ4v) is 8.57. The fraction of sp³-hybridized carbons (Fsp3) is 0. The molecule has 0 aliphatic heterocycles. The van der Waals surface area contributed by atoms with Crippen LogP contribution >= 0.6 is 0 Å². The lowest BCUT2D eigenvalue weighted by Gasteiger charge is -2.09. The molecule has 0 saturated carbocycles. The Morgan fingerprint density at radius 3 is 0.200 bits per heavy atom. The lowest BCUT2D eigenvalue weighted by molar-refractivity contribution is 0.563. The monoisotopic (exact) mass is 792 g/mol. The van der Waals surface area contributed by atoms with Gasteiger partial charge in [0.05, 0.1) is 150 Å². The average Bonchev–Trinajstić information content (AvgIpc) is 4.09. The molecule has 12 aromatic rings. The van der Waals surface area contributed by atoms with Crippen LogP contribution in [-0.2, 0) is 0 Å². The van der Waals surface area contributed by atoms with Crippen molar-refractivity contribution in [3.8, 4) is 134 Å². The first-order valence-corrected chi connectivity index (χ1v) is 18.6. The molecule has 0 fully saturated rings. The Balaban J connectivity index is 0.0000000926. The Morgan fingerprint density at radius 2 is 0.150 bits per heavy atom. The highest BCUT2D eigenvalue weighted by Crippen LogP contribution is 2.52. The van der Waals surface area contributed by atoms with Crippen molar-refractivity contribution in [1.82, 2.24) is 0 Å². The summed E-state index contributed by atoms with van der Waals surface area (Å²) in [7, 11) is 0. The van der Waals surface area contributed by atoms with E-state index in [0.717, 1.165) is 134 Å². The third-order valence-corrected chi connectivity index (χ3v) is 11.4. The zero-order chi connectivity index (χ0) is 39.3. The van der Waals surface area contributed by atoms with E-state index >= 15 is 0 Å². The largest absolute Gasteiger partial charge is 0.471 e. The Hall–Kier alpha value is -8.64. The second-order valence-electron chi connectivity index (χ2n) is 14.4. The molecule has 3 aliphatic carbocycles. The van der Waals surface area contributed by atoms with Crippen molar-refractivity contribution in [3.63, 3.8) is 0 Å². The van der Waals surface area contributed by atoms with Crippen molar-refractivity contribution in [2.75, 3.05) is 0 Å². The maximum absolute atomic E-state index is 5.40. The van der Waals surface area contributed by atoms with E-state index in [-0.39, 0.29) is 0 Å². The molecule has 0 radical (unpaired) electrons. The second-order valence-corrected chi connectivity index (χ2v) is 14.4. The number of rotatable bonds is 0. The second kappa shape index (κ2) is 12.4. The Morgan fingerprint density at radius 1 is 0.100 bits per heavy atom. The molecular formula is C48H24O12. The van der Waals surface area contributed by atoms with Crippen LogP contribution in [0.4, 0.5) is 0 Å². The normalized spacial score (nSPS) is 12.0. The van der Waals surface area contributed by atoms with Crippen LogP contribution in [0.1, 0.15) is 0 Å². The molecule has 12 heteroatoms. The summed E-state index contributed by atoms with van der Waals surface area (Å²) >= 11 is 0. The minimum absolute atomic E-state index is 0.989. The molecule has 60 heavy (non-hydrogen) atoms. The highest BCUT2D eigenvalue weighted by Gasteiger charge is 2.30. The summed E-state index contributed by atoms with van der Waals surface area (Å²) in [5.41, 5.74) is 23.7. The molecule has 15 rings (SSSR count). The van der Waals surface area contributed by atoms with Gasteiger partial charge in [0.2, 0.25) is 0 Å². The van der Waals surface area contributed by atoms with Crippen LogP contribution in [0.5, 0.6) is 0 Å². The summed E-state index contributed by atoms with van der Waals surface area (Å²) in [6.45, 7) is 0. The van der Waals surface area contributed by atoms with E-state index in [9.17, 15) is 0 Å². The van der Waals surface area contributed by atoms with E-state index in [1.807, 2.05) is 0 Å². The third kappa shape index (κ3) is 4.55. The molecule has 0 bridgehead atoms. The standard InChI is InChI=1S/3C16H8O4/c3*1-9-10(2-17-1)12-4-19-6-14(12)16-8-20-7-15(16)13-5-18-3-11(9)13/h3*1-8H. The lowest BCUT2D eigenvalue weighted by Crippen LogP contribution is -1.87. The van der Waals surface area contributed by atoms with Gasteiger partial charge in [0, 0.05) is 134 Å². The number of hydrogen-bond donors (Lipinski definition) is 0. The number of hydrogen-bond acceptors (Lipinski definition) is 12. The van der Waals surface area contributed by atoms with Crippen LogP contribution in [0.2, 0.25) is 0 Å². The molecule has 0 spiro atoms. The van der Waals surface area contributed by atoms with Crippen LogP contribution in [-0.4, -0.2) is 0 Å². The van der Waals surface area contributed by atoms with Gasteiger partial charge in [0.15, 0.2) is 0 Å². The number of furan rings is 12. The highest BCUT2D eigenvalue weighted by atomic mass is 16.4. The van der Waals surface area contributed by atoms with Gasteiger partial charge in [0.25, 0.3) is 0 Å². The van der Waals surface area contributed by atoms with Gasteiger partial charge in [-0.25, -0.2) is 0 Å². The zero-order valence-electron chi connectivity index (χ0n) is 30.8. The molecule has 12 nitrogen and oxygen atoms in total. The molecule has 0 amide bonds. The smallest absolute Gasteiger partial charge is 0.0988 e. The lowest BCUT2D eigenvalue weighted by atomic mass is 9.88. The minimum atomic E-state index is 0.989. The first kappa shape index (κ1) is 32.4. The summed E-state index contributed by atoms with van der Waals surface area (Å²) < 4.78 is 64.8.